The van der Waals surface area contributed by atoms with Gasteiger partial charge >= 0.3 is 0 Å². The molecule has 1 saturated heterocycles. The third-order valence-corrected chi connectivity index (χ3v) is 1.52. The average Bonchev–Trinajstić information content (AvgIpc) is 1.94. The fraction of sp³-hybridized carbons (Fsp3) is 1.00. The first-order valence-corrected chi connectivity index (χ1v) is 3.29. The maximum atomic E-state index is 10.7. The first kappa shape index (κ1) is 6.05. The minimum Gasteiger partial charge on any atom is -0.289 e. The van der Waals surface area contributed by atoms with Crippen LogP contribution in [0.1, 0.15) is 25.7 Å². The predicted octanol–water partition coefficient (Wildman–Crippen LogP) is 0.907. The van der Waals surface area contributed by atoms with Crippen LogP contribution in [0.4, 0.5) is 0 Å². The van der Waals surface area contributed by atoms with E-state index in [1.165, 1.54) is 12.8 Å². The van der Waals surface area contributed by atoms with Crippen molar-refractivity contribution in [3.63, 3.8) is 0 Å². The Morgan fingerprint density at radius 2 is 2.12 bits per heavy atom. The Morgan fingerprint density at radius 3 is 3.00 bits per heavy atom. The molecular formula is C6H12NO. The number of rotatable bonds is 0. The molecule has 0 aromatic heterocycles. The van der Waals surface area contributed by atoms with E-state index in [1.807, 2.05) is 0 Å². The Balaban J connectivity index is 2.17. The summed E-state index contributed by atoms with van der Waals surface area (Å²) < 4.78 is 0. The molecule has 0 amide bonds. The van der Waals surface area contributed by atoms with Gasteiger partial charge in [-0.3, -0.25) is 5.32 Å². The molecule has 8 heavy (non-hydrogen) atoms. The van der Waals surface area contributed by atoms with Crippen molar-refractivity contribution in [3.05, 3.63) is 0 Å². The summed E-state index contributed by atoms with van der Waals surface area (Å²) in [5.41, 5.74) is 0. The Kier molecular flexibility index (Phi) is 2.30. The van der Waals surface area contributed by atoms with Gasteiger partial charge < -0.3 is 0 Å². The highest BCUT2D eigenvalue weighted by Gasteiger charge is 2.06. The van der Waals surface area contributed by atoms with E-state index >= 15 is 0 Å². The van der Waals surface area contributed by atoms with Crippen molar-refractivity contribution < 1.29 is 5.11 Å². The summed E-state index contributed by atoms with van der Waals surface area (Å²) in [7, 11) is 0. The molecule has 1 aliphatic rings. The monoisotopic (exact) mass is 114 g/mol. The molecule has 2 heteroatoms. The highest BCUT2D eigenvalue weighted by Crippen LogP contribution is 2.05. The van der Waals surface area contributed by atoms with Crippen LogP contribution in [-0.2, 0) is 5.11 Å². The second-order valence-corrected chi connectivity index (χ2v) is 2.29. The first-order valence-electron chi connectivity index (χ1n) is 3.29. The lowest BCUT2D eigenvalue weighted by molar-refractivity contribution is 0.0561. The van der Waals surface area contributed by atoms with E-state index in [9.17, 15) is 5.11 Å². The van der Waals surface area contributed by atoms with Crippen LogP contribution in [0.3, 0.4) is 0 Å². The molecule has 0 aliphatic carbocycles. The van der Waals surface area contributed by atoms with Gasteiger partial charge in [-0.2, -0.15) is 0 Å². The van der Waals surface area contributed by atoms with Gasteiger partial charge in [0, 0.05) is 0 Å². The van der Waals surface area contributed by atoms with Gasteiger partial charge in [-0.25, -0.2) is 5.11 Å². The van der Waals surface area contributed by atoms with Gasteiger partial charge in [0.2, 0.25) is 0 Å². The van der Waals surface area contributed by atoms with Crippen molar-refractivity contribution in [3.8, 4) is 0 Å². The third-order valence-electron chi connectivity index (χ3n) is 1.52. The van der Waals surface area contributed by atoms with Crippen molar-refractivity contribution in [2.24, 2.45) is 0 Å². The van der Waals surface area contributed by atoms with Gasteiger partial charge in [0.05, 0.1) is 0 Å². The van der Waals surface area contributed by atoms with E-state index in [-0.39, 0.29) is 0 Å². The van der Waals surface area contributed by atoms with Crippen molar-refractivity contribution in [1.82, 2.24) is 5.32 Å². The van der Waals surface area contributed by atoms with Gasteiger partial charge in [0.1, 0.15) is 6.23 Å². The maximum absolute atomic E-state index is 10.7. The van der Waals surface area contributed by atoms with Crippen LogP contribution in [0.2, 0.25) is 0 Å². The second kappa shape index (κ2) is 3.05. The average molecular weight is 114 g/mol. The first-order chi connectivity index (χ1) is 3.89. The SMILES string of the molecule is [O]C1CCCCCN1. The summed E-state index contributed by atoms with van der Waals surface area (Å²) in [5.74, 6) is 0. The molecule has 47 valence electrons. The summed E-state index contributed by atoms with van der Waals surface area (Å²) in [4.78, 5) is 0. The van der Waals surface area contributed by atoms with Crippen molar-refractivity contribution >= 4 is 0 Å². The zero-order valence-corrected chi connectivity index (χ0v) is 5.02. The smallest absolute Gasteiger partial charge is 0.143 e. The Morgan fingerprint density at radius 1 is 1.25 bits per heavy atom. The molecule has 1 unspecified atom stereocenters. The lowest BCUT2D eigenvalue weighted by atomic mass is 10.2. The zero-order valence-electron chi connectivity index (χ0n) is 5.02. The Labute approximate surface area is 49.9 Å². The minimum absolute atomic E-state index is 0.475. The van der Waals surface area contributed by atoms with Gasteiger partial charge in [-0.15, -0.1) is 0 Å². The fourth-order valence-corrected chi connectivity index (χ4v) is 0.997. The third kappa shape index (κ3) is 1.80. The molecule has 1 atom stereocenters. The molecular weight excluding hydrogens is 102 g/mol. The molecule has 1 fully saturated rings. The van der Waals surface area contributed by atoms with Gasteiger partial charge in [0.25, 0.3) is 0 Å². The van der Waals surface area contributed by atoms with Crippen LogP contribution >= 0.6 is 0 Å². The topological polar surface area (TPSA) is 31.9 Å². The fourth-order valence-electron chi connectivity index (χ4n) is 0.997. The van der Waals surface area contributed by atoms with Crippen LogP contribution in [0.15, 0.2) is 0 Å². The van der Waals surface area contributed by atoms with Gasteiger partial charge in [0.15, 0.2) is 0 Å². The van der Waals surface area contributed by atoms with E-state index in [0.29, 0.717) is 0 Å². The molecule has 0 aromatic rings. The minimum atomic E-state index is -0.475. The largest absolute Gasteiger partial charge is 0.289 e. The number of nitrogens with one attached hydrogen (secondary N) is 1. The molecule has 0 bridgehead atoms. The van der Waals surface area contributed by atoms with Crippen LogP contribution in [0.25, 0.3) is 0 Å². The summed E-state index contributed by atoms with van der Waals surface area (Å²) in [5, 5.41) is 13.5. The van der Waals surface area contributed by atoms with E-state index < -0.39 is 6.23 Å². The highest BCUT2D eigenvalue weighted by atomic mass is 16.3. The molecule has 1 N–H and O–H groups in total. The summed E-state index contributed by atoms with van der Waals surface area (Å²) in [6, 6.07) is 0. The molecule has 2 nitrogen and oxygen atoms in total. The second-order valence-electron chi connectivity index (χ2n) is 2.29. The summed E-state index contributed by atoms with van der Waals surface area (Å²) in [6.45, 7) is 0.925. The predicted molar refractivity (Wildman–Crippen MR) is 30.9 cm³/mol. The van der Waals surface area contributed by atoms with E-state index in [2.05, 4.69) is 5.32 Å². The van der Waals surface area contributed by atoms with Crippen LogP contribution in [0.5, 0.6) is 0 Å². The number of hydrogen-bond donors (Lipinski definition) is 1. The van der Waals surface area contributed by atoms with E-state index in [0.717, 1.165) is 19.4 Å². The zero-order chi connectivity index (χ0) is 5.82. The molecule has 0 saturated carbocycles. The Hall–Kier alpha value is -0.0800. The normalized spacial score (nSPS) is 31.9. The molecule has 1 aliphatic heterocycles. The lowest BCUT2D eigenvalue weighted by Crippen LogP contribution is -2.25. The van der Waals surface area contributed by atoms with Gasteiger partial charge in [-0.05, 0) is 25.8 Å². The molecule has 0 aromatic carbocycles. The van der Waals surface area contributed by atoms with E-state index in [1.54, 1.807) is 0 Å². The molecule has 1 rings (SSSR count). The maximum Gasteiger partial charge on any atom is 0.143 e. The quantitative estimate of drug-likeness (QED) is 0.498. The van der Waals surface area contributed by atoms with Crippen LogP contribution in [-0.4, -0.2) is 12.8 Å². The Bertz CT molecular complexity index is 57.5. The van der Waals surface area contributed by atoms with Crippen LogP contribution < -0.4 is 5.32 Å². The van der Waals surface area contributed by atoms with Crippen LogP contribution in [0, 0.1) is 0 Å². The van der Waals surface area contributed by atoms with Crippen molar-refractivity contribution in [2.45, 2.75) is 31.9 Å². The molecule has 1 radical (unpaired) electrons. The van der Waals surface area contributed by atoms with Crippen molar-refractivity contribution in [1.29, 1.82) is 0 Å². The summed E-state index contributed by atoms with van der Waals surface area (Å²) >= 11 is 0. The molecule has 0 spiro atoms. The number of hydrogen-bond acceptors (Lipinski definition) is 1. The van der Waals surface area contributed by atoms with Crippen molar-refractivity contribution in [2.75, 3.05) is 6.54 Å². The lowest BCUT2D eigenvalue weighted by Gasteiger charge is -2.02. The summed E-state index contributed by atoms with van der Waals surface area (Å²) in [6.07, 6.45) is 3.86. The van der Waals surface area contributed by atoms with E-state index in [4.69, 9.17) is 0 Å². The highest BCUT2D eigenvalue weighted by molar-refractivity contribution is 4.59. The molecule has 1 heterocycles. The van der Waals surface area contributed by atoms with Gasteiger partial charge in [-0.1, -0.05) is 6.42 Å². The standard InChI is InChI=1S/C6H12NO/c8-6-4-2-1-3-5-7-6/h6-7H,1-5H2.